The predicted molar refractivity (Wildman–Crippen MR) is 63.0 cm³/mol. The van der Waals surface area contributed by atoms with Gasteiger partial charge in [-0.2, -0.15) is 0 Å². The molecule has 0 radical (unpaired) electrons. The summed E-state index contributed by atoms with van der Waals surface area (Å²) in [5, 5.41) is 9.68. The number of hydrogen-bond donors (Lipinski definition) is 1. The molecule has 0 fully saturated rings. The van der Waals surface area contributed by atoms with Crippen LogP contribution in [0.5, 0.6) is 0 Å². The molecule has 2 aromatic heterocycles. The lowest BCUT2D eigenvalue weighted by Gasteiger charge is -2.05. The van der Waals surface area contributed by atoms with E-state index in [2.05, 4.69) is 9.55 Å². The number of rotatable bonds is 4. The first-order valence-corrected chi connectivity index (χ1v) is 5.52. The zero-order chi connectivity index (χ0) is 11.4. The highest BCUT2D eigenvalue weighted by atomic mass is 16.3. The van der Waals surface area contributed by atoms with Crippen LogP contribution in [0.4, 0.5) is 0 Å². The van der Waals surface area contributed by atoms with Gasteiger partial charge in [0.25, 0.3) is 0 Å². The van der Waals surface area contributed by atoms with E-state index in [0.717, 1.165) is 24.1 Å². The average Bonchev–Trinajstić information content (AvgIpc) is 2.78. The first kappa shape index (κ1) is 10.9. The van der Waals surface area contributed by atoms with Gasteiger partial charge < -0.3 is 9.67 Å². The molecule has 0 bridgehead atoms. The van der Waals surface area contributed by atoms with E-state index in [1.165, 1.54) is 0 Å². The van der Waals surface area contributed by atoms with Crippen LogP contribution in [0.2, 0.25) is 0 Å². The summed E-state index contributed by atoms with van der Waals surface area (Å²) in [6, 6.07) is 5.94. The molecule has 2 heterocycles. The molecule has 2 rings (SSSR count). The number of pyridine rings is 1. The second-order valence-corrected chi connectivity index (χ2v) is 3.90. The fourth-order valence-electron chi connectivity index (χ4n) is 1.69. The fourth-order valence-corrected chi connectivity index (χ4v) is 1.69. The second-order valence-electron chi connectivity index (χ2n) is 3.90. The summed E-state index contributed by atoms with van der Waals surface area (Å²) in [5.41, 5.74) is 2.14. The van der Waals surface area contributed by atoms with E-state index in [4.69, 9.17) is 0 Å². The molecule has 3 heteroatoms. The average molecular weight is 216 g/mol. The van der Waals surface area contributed by atoms with Crippen molar-refractivity contribution in [3.63, 3.8) is 0 Å². The van der Waals surface area contributed by atoms with Crippen LogP contribution in [0.15, 0.2) is 43.0 Å². The first-order chi connectivity index (χ1) is 7.79. The molecule has 1 unspecified atom stereocenters. The molecule has 0 aromatic carbocycles. The SMILES string of the molecule is CCC(O)c1ccn(Cc2cccnc2)c1. The minimum absolute atomic E-state index is 0.352. The molecule has 84 valence electrons. The molecule has 3 nitrogen and oxygen atoms in total. The van der Waals surface area contributed by atoms with Crippen LogP contribution in [0, 0.1) is 0 Å². The van der Waals surface area contributed by atoms with Gasteiger partial charge in [0.15, 0.2) is 0 Å². The lowest BCUT2D eigenvalue weighted by atomic mass is 10.1. The molecule has 0 spiro atoms. The van der Waals surface area contributed by atoms with Crippen molar-refractivity contribution >= 4 is 0 Å². The minimum atomic E-state index is -0.352. The second kappa shape index (κ2) is 4.94. The van der Waals surface area contributed by atoms with E-state index in [0.29, 0.717) is 0 Å². The third kappa shape index (κ3) is 2.49. The molecule has 0 amide bonds. The van der Waals surface area contributed by atoms with Crippen molar-refractivity contribution in [1.29, 1.82) is 0 Å². The van der Waals surface area contributed by atoms with Crippen molar-refractivity contribution in [1.82, 2.24) is 9.55 Å². The maximum atomic E-state index is 9.68. The van der Waals surface area contributed by atoms with Crippen molar-refractivity contribution in [2.75, 3.05) is 0 Å². The first-order valence-electron chi connectivity index (χ1n) is 5.52. The van der Waals surface area contributed by atoms with Gasteiger partial charge in [-0.05, 0) is 29.7 Å². The highest BCUT2D eigenvalue weighted by molar-refractivity contribution is 5.16. The zero-order valence-corrected chi connectivity index (χ0v) is 9.37. The van der Waals surface area contributed by atoms with E-state index >= 15 is 0 Å². The van der Waals surface area contributed by atoms with Gasteiger partial charge >= 0.3 is 0 Å². The van der Waals surface area contributed by atoms with Gasteiger partial charge in [-0.25, -0.2) is 0 Å². The molecule has 0 aliphatic heterocycles. The Hall–Kier alpha value is -1.61. The summed E-state index contributed by atoms with van der Waals surface area (Å²) in [6.45, 7) is 2.77. The van der Waals surface area contributed by atoms with Gasteiger partial charge in [-0.3, -0.25) is 4.98 Å². The fraction of sp³-hybridized carbons (Fsp3) is 0.308. The van der Waals surface area contributed by atoms with E-state index in [1.807, 2.05) is 43.7 Å². The minimum Gasteiger partial charge on any atom is -0.388 e. The molecule has 0 saturated carbocycles. The number of aliphatic hydroxyl groups is 1. The molecule has 0 aliphatic rings. The molecule has 0 saturated heterocycles. The summed E-state index contributed by atoms with van der Waals surface area (Å²) in [5.74, 6) is 0. The topological polar surface area (TPSA) is 38.0 Å². The van der Waals surface area contributed by atoms with Crippen LogP contribution in [-0.2, 0) is 6.54 Å². The van der Waals surface area contributed by atoms with Crippen LogP contribution in [-0.4, -0.2) is 14.7 Å². The van der Waals surface area contributed by atoms with E-state index in [9.17, 15) is 5.11 Å². The van der Waals surface area contributed by atoms with Crippen molar-refractivity contribution in [3.05, 3.63) is 54.1 Å². The van der Waals surface area contributed by atoms with Gasteiger partial charge in [0.2, 0.25) is 0 Å². The van der Waals surface area contributed by atoms with E-state index < -0.39 is 0 Å². The Kier molecular flexibility index (Phi) is 3.37. The Morgan fingerprint density at radius 1 is 1.44 bits per heavy atom. The number of aliphatic hydroxyl groups excluding tert-OH is 1. The monoisotopic (exact) mass is 216 g/mol. The maximum Gasteiger partial charge on any atom is 0.0802 e. The van der Waals surface area contributed by atoms with Crippen molar-refractivity contribution in [3.8, 4) is 0 Å². The molecular weight excluding hydrogens is 200 g/mol. The van der Waals surface area contributed by atoms with Crippen LogP contribution in [0.25, 0.3) is 0 Å². The van der Waals surface area contributed by atoms with Crippen molar-refractivity contribution in [2.45, 2.75) is 26.0 Å². The van der Waals surface area contributed by atoms with Crippen molar-refractivity contribution in [2.24, 2.45) is 0 Å². The lowest BCUT2D eigenvalue weighted by Crippen LogP contribution is -1.97. The summed E-state index contributed by atoms with van der Waals surface area (Å²) in [6.07, 6.45) is 8.00. The Labute approximate surface area is 95.4 Å². The Morgan fingerprint density at radius 3 is 3.00 bits per heavy atom. The molecule has 16 heavy (non-hydrogen) atoms. The highest BCUT2D eigenvalue weighted by Gasteiger charge is 2.06. The van der Waals surface area contributed by atoms with E-state index in [1.54, 1.807) is 6.20 Å². The molecule has 2 aromatic rings. The third-order valence-electron chi connectivity index (χ3n) is 2.63. The number of aromatic nitrogens is 2. The van der Waals surface area contributed by atoms with Crippen LogP contribution < -0.4 is 0 Å². The molecule has 1 N–H and O–H groups in total. The summed E-state index contributed by atoms with van der Waals surface area (Å²) >= 11 is 0. The van der Waals surface area contributed by atoms with Crippen LogP contribution in [0.1, 0.15) is 30.6 Å². The normalized spacial score (nSPS) is 12.6. The third-order valence-corrected chi connectivity index (χ3v) is 2.63. The smallest absolute Gasteiger partial charge is 0.0802 e. The number of nitrogens with zero attached hydrogens (tertiary/aromatic N) is 2. The Bertz CT molecular complexity index is 436. The summed E-state index contributed by atoms with van der Waals surface area (Å²) in [7, 11) is 0. The Balaban J connectivity index is 2.09. The predicted octanol–water partition coefficient (Wildman–Crippen LogP) is 2.37. The summed E-state index contributed by atoms with van der Waals surface area (Å²) in [4.78, 5) is 4.08. The highest BCUT2D eigenvalue weighted by Crippen LogP contribution is 2.16. The van der Waals surface area contributed by atoms with Crippen LogP contribution in [0.3, 0.4) is 0 Å². The zero-order valence-electron chi connectivity index (χ0n) is 9.37. The van der Waals surface area contributed by atoms with Gasteiger partial charge in [0.05, 0.1) is 6.10 Å². The largest absolute Gasteiger partial charge is 0.388 e. The van der Waals surface area contributed by atoms with Crippen LogP contribution >= 0.6 is 0 Å². The van der Waals surface area contributed by atoms with Crippen molar-refractivity contribution < 1.29 is 5.11 Å². The number of hydrogen-bond acceptors (Lipinski definition) is 2. The van der Waals surface area contributed by atoms with E-state index in [-0.39, 0.29) is 6.10 Å². The quantitative estimate of drug-likeness (QED) is 0.852. The maximum absolute atomic E-state index is 9.68. The van der Waals surface area contributed by atoms with Gasteiger partial charge in [0, 0.05) is 31.3 Å². The van der Waals surface area contributed by atoms with Gasteiger partial charge in [0.1, 0.15) is 0 Å². The Morgan fingerprint density at radius 2 is 2.31 bits per heavy atom. The molecule has 0 aliphatic carbocycles. The summed E-state index contributed by atoms with van der Waals surface area (Å²) < 4.78 is 2.06. The van der Waals surface area contributed by atoms with Gasteiger partial charge in [-0.1, -0.05) is 13.0 Å². The lowest BCUT2D eigenvalue weighted by molar-refractivity contribution is 0.173. The van der Waals surface area contributed by atoms with Gasteiger partial charge in [-0.15, -0.1) is 0 Å². The molecule has 1 atom stereocenters. The molecular formula is C13H16N2O. The standard InChI is InChI=1S/C13H16N2O/c1-2-13(16)12-5-7-15(10-12)9-11-4-3-6-14-8-11/h3-8,10,13,16H,2,9H2,1H3.